The lowest BCUT2D eigenvalue weighted by atomic mass is 10.2. The number of carbonyl (C=O) groups excluding carboxylic acids is 1. The molecular weight excluding hydrogens is 322 g/mol. The lowest BCUT2D eigenvalue weighted by molar-refractivity contribution is -0.115. The summed E-state index contributed by atoms with van der Waals surface area (Å²) in [6.07, 6.45) is 0.0300. The zero-order valence-corrected chi connectivity index (χ0v) is 14.5. The summed E-state index contributed by atoms with van der Waals surface area (Å²) in [7, 11) is 3.10. The van der Waals surface area contributed by atoms with Crippen molar-refractivity contribution in [3.63, 3.8) is 0 Å². The van der Waals surface area contributed by atoms with Crippen LogP contribution in [0.5, 0.6) is 11.5 Å². The first-order chi connectivity index (χ1) is 12.0. The van der Waals surface area contributed by atoms with E-state index < -0.39 is 0 Å². The van der Waals surface area contributed by atoms with Crippen molar-refractivity contribution in [2.75, 3.05) is 19.5 Å². The molecule has 3 rings (SSSR count). The number of hydrogen-bond acceptors (Lipinski definition) is 6. The Labute approximate surface area is 144 Å². The second-order valence-electron chi connectivity index (χ2n) is 5.57. The molecule has 1 amide bonds. The Bertz CT molecular complexity index is 935. The number of ether oxygens (including phenoxy) is 2. The van der Waals surface area contributed by atoms with Crippen molar-refractivity contribution in [3.8, 4) is 11.5 Å². The van der Waals surface area contributed by atoms with Gasteiger partial charge in [-0.1, -0.05) is 0 Å². The van der Waals surface area contributed by atoms with E-state index in [1.54, 1.807) is 29.8 Å². The molecule has 1 N–H and O–H groups in total. The van der Waals surface area contributed by atoms with E-state index in [1.165, 1.54) is 7.11 Å². The van der Waals surface area contributed by atoms with Crippen LogP contribution in [0.25, 0.3) is 5.78 Å². The van der Waals surface area contributed by atoms with E-state index in [9.17, 15) is 4.79 Å². The van der Waals surface area contributed by atoms with Crippen LogP contribution in [-0.4, -0.2) is 39.7 Å². The third-order valence-corrected chi connectivity index (χ3v) is 3.66. The molecule has 0 saturated heterocycles. The molecule has 0 atom stereocenters. The summed E-state index contributed by atoms with van der Waals surface area (Å²) in [5, 5.41) is 7.14. The molecular formula is C17H19N5O3. The molecule has 0 radical (unpaired) electrons. The highest BCUT2D eigenvalue weighted by Gasteiger charge is 2.14. The Morgan fingerprint density at radius 1 is 1.16 bits per heavy atom. The second kappa shape index (κ2) is 6.76. The average Bonchev–Trinajstić information content (AvgIpc) is 2.97. The highest BCUT2D eigenvalue weighted by Crippen LogP contribution is 2.28. The molecule has 25 heavy (non-hydrogen) atoms. The smallest absolute Gasteiger partial charge is 0.252 e. The van der Waals surface area contributed by atoms with Gasteiger partial charge < -0.3 is 14.8 Å². The van der Waals surface area contributed by atoms with Crippen LogP contribution < -0.4 is 14.8 Å². The third-order valence-electron chi connectivity index (χ3n) is 3.66. The number of aryl methyl sites for hydroxylation is 2. The Morgan fingerprint density at radius 2 is 1.96 bits per heavy atom. The van der Waals surface area contributed by atoms with Crippen LogP contribution in [0.15, 0.2) is 24.3 Å². The molecule has 0 saturated carbocycles. The van der Waals surface area contributed by atoms with E-state index >= 15 is 0 Å². The van der Waals surface area contributed by atoms with Gasteiger partial charge >= 0.3 is 0 Å². The number of methoxy groups -OCH3 is 2. The Kier molecular flexibility index (Phi) is 4.51. The number of fused-ring (bicyclic) bond motifs is 1. The number of nitrogens with one attached hydrogen (secondary N) is 1. The second-order valence-corrected chi connectivity index (χ2v) is 5.57. The van der Waals surface area contributed by atoms with Crippen LogP contribution in [0.3, 0.4) is 0 Å². The van der Waals surface area contributed by atoms with Gasteiger partial charge in [0, 0.05) is 17.5 Å². The largest absolute Gasteiger partial charge is 0.497 e. The fraction of sp³-hybridized carbons (Fsp3) is 0.294. The molecule has 2 aromatic heterocycles. The fourth-order valence-electron chi connectivity index (χ4n) is 2.53. The molecule has 2 heterocycles. The number of amides is 1. The van der Waals surface area contributed by atoms with E-state index in [2.05, 4.69) is 20.4 Å². The predicted molar refractivity (Wildman–Crippen MR) is 92.1 cm³/mol. The minimum absolute atomic E-state index is 0.0300. The fourth-order valence-corrected chi connectivity index (χ4v) is 2.53. The number of anilines is 1. The van der Waals surface area contributed by atoms with Crippen LogP contribution in [0.1, 0.15) is 17.2 Å². The molecule has 130 valence electrons. The maximum Gasteiger partial charge on any atom is 0.252 e. The standard InChI is InChI=1S/C17H19N5O3/c1-10-7-11(2)22-17(18-10)20-15(21-22)9-16(23)19-13-8-12(24-3)5-6-14(13)25-4/h5-8H,9H2,1-4H3,(H,19,23). The van der Waals surface area contributed by atoms with Gasteiger partial charge in [-0.25, -0.2) is 9.50 Å². The van der Waals surface area contributed by atoms with E-state index in [1.807, 2.05) is 19.9 Å². The van der Waals surface area contributed by atoms with Crippen LogP contribution >= 0.6 is 0 Å². The zero-order valence-electron chi connectivity index (χ0n) is 14.5. The summed E-state index contributed by atoms with van der Waals surface area (Å²) in [5.74, 6) is 1.80. The molecule has 0 unspecified atom stereocenters. The van der Waals surface area contributed by atoms with Crippen molar-refractivity contribution in [1.82, 2.24) is 19.6 Å². The molecule has 0 aliphatic heterocycles. The highest BCUT2D eigenvalue weighted by atomic mass is 16.5. The van der Waals surface area contributed by atoms with E-state index in [-0.39, 0.29) is 12.3 Å². The summed E-state index contributed by atoms with van der Waals surface area (Å²) in [4.78, 5) is 21.0. The number of nitrogens with zero attached hydrogens (tertiary/aromatic N) is 4. The van der Waals surface area contributed by atoms with Crippen molar-refractivity contribution in [2.24, 2.45) is 0 Å². The van der Waals surface area contributed by atoms with Gasteiger partial charge in [-0.2, -0.15) is 4.98 Å². The van der Waals surface area contributed by atoms with Crippen LogP contribution in [-0.2, 0) is 11.2 Å². The number of carbonyl (C=O) groups is 1. The quantitative estimate of drug-likeness (QED) is 0.763. The summed E-state index contributed by atoms with van der Waals surface area (Å²) in [6, 6.07) is 7.10. The Balaban J connectivity index is 1.80. The molecule has 1 aromatic carbocycles. The van der Waals surface area contributed by atoms with Crippen molar-refractivity contribution in [1.29, 1.82) is 0 Å². The average molecular weight is 341 g/mol. The van der Waals surface area contributed by atoms with Gasteiger partial charge in [0.2, 0.25) is 5.91 Å². The number of benzene rings is 1. The summed E-state index contributed by atoms with van der Waals surface area (Å²) in [6.45, 7) is 3.81. The van der Waals surface area contributed by atoms with Crippen molar-refractivity contribution < 1.29 is 14.3 Å². The summed E-state index contributed by atoms with van der Waals surface area (Å²) >= 11 is 0. The lowest BCUT2D eigenvalue weighted by Gasteiger charge is -2.11. The number of aromatic nitrogens is 4. The maximum atomic E-state index is 12.4. The van der Waals surface area contributed by atoms with Gasteiger partial charge in [-0.15, -0.1) is 5.10 Å². The van der Waals surface area contributed by atoms with Gasteiger partial charge in [0.25, 0.3) is 5.78 Å². The van der Waals surface area contributed by atoms with Gasteiger partial charge in [-0.3, -0.25) is 4.79 Å². The topological polar surface area (TPSA) is 90.6 Å². The Hall–Kier alpha value is -3.16. The van der Waals surface area contributed by atoms with Gasteiger partial charge in [0.1, 0.15) is 11.5 Å². The van der Waals surface area contributed by atoms with E-state index in [0.29, 0.717) is 28.8 Å². The van der Waals surface area contributed by atoms with Crippen LogP contribution in [0.4, 0.5) is 5.69 Å². The molecule has 0 fully saturated rings. The molecule has 0 spiro atoms. The maximum absolute atomic E-state index is 12.4. The first-order valence-electron chi connectivity index (χ1n) is 7.72. The van der Waals surface area contributed by atoms with Crippen LogP contribution in [0, 0.1) is 13.8 Å². The van der Waals surface area contributed by atoms with Crippen molar-refractivity contribution in [3.05, 3.63) is 41.5 Å². The monoisotopic (exact) mass is 341 g/mol. The molecule has 0 aliphatic rings. The number of rotatable bonds is 5. The Morgan fingerprint density at radius 3 is 2.68 bits per heavy atom. The summed E-state index contributed by atoms with van der Waals surface area (Å²) < 4.78 is 12.1. The number of hydrogen-bond donors (Lipinski definition) is 1. The van der Waals surface area contributed by atoms with E-state index in [4.69, 9.17) is 9.47 Å². The minimum Gasteiger partial charge on any atom is -0.497 e. The van der Waals surface area contributed by atoms with Gasteiger partial charge in [-0.05, 0) is 32.0 Å². The molecule has 8 heteroatoms. The lowest BCUT2D eigenvalue weighted by Crippen LogP contribution is -2.16. The SMILES string of the molecule is COc1ccc(OC)c(NC(=O)Cc2nc3nc(C)cc(C)n3n2)c1. The predicted octanol–water partition coefficient (Wildman–Crippen LogP) is 1.94. The first kappa shape index (κ1) is 16.7. The highest BCUT2D eigenvalue weighted by molar-refractivity contribution is 5.93. The zero-order chi connectivity index (χ0) is 18.0. The van der Waals surface area contributed by atoms with Crippen molar-refractivity contribution >= 4 is 17.4 Å². The van der Waals surface area contributed by atoms with Crippen LogP contribution in [0.2, 0.25) is 0 Å². The molecule has 8 nitrogen and oxygen atoms in total. The van der Waals surface area contributed by atoms with Gasteiger partial charge in [0.15, 0.2) is 5.82 Å². The molecule has 0 bridgehead atoms. The van der Waals surface area contributed by atoms with Gasteiger partial charge in [0.05, 0.1) is 26.3 Å². The van der Waals surface area contributed by atoms with E-state index in [0.717, 1.165) is 11.4 Å². The molecule has 3 aromatic rings. The molecule has 0 aliphatic carbocycles. The normalized spacial score (nSPS) is 10.7. The third kappa shape index (κ3) is 3.52. The van der Waals surface area contributed by atoms with Crippen molar-refractivity contribution in [2.45, 2.75) is 20.3 Å². The minimum atomic E-state index is -0.253. The first-order valence-corrected chi connectivity index (χ1v) is 7.72. The summed E-state index contributed by atoms with van der Waals surface area (Å²) in [5.41, 5.74) is 2.30.